The van der Waals surface area contributed by atoms with Gasteiger partial charge in [-0.2, -0.15) is 0 Å². The number of amides is 1. The minimum absolute atomic E-state index is 0.0283. The van der Waals surface area contributed by atoms with Gasteiger partial charge in [-0.25, -0.2) is 4.68 Å². The van der Waals surface area contributed by atoms with Crippen molar-refractivity contribution < 1.29 is 9.53 Å². The lowest BCUT2D eigenvalue weighted by atomic mass is 10.3. The maximum atomic E-state index is 11.9. The van der Waals surface area contributed by atoms with E-state index in [1.165, 1.54) is 4.68 Å². The zero-order valence-electron chi connectivity index (χ0n) is 10.8. The van der Waals surface area contributed by atoms with Crippen LogP contribution in [0, 0.1) is 0 Å². The summed E-state index contributed by atoms with van der Waals surface area (Å²) in [5.41, 5.74) is 6.53. The largest absolute Gasteiger partial charge is 0.497 e. The predicted octanol–water partition coefficient (Wildman–Crippen LogP) is 1.04. The number of halogens is 1. The number of methoxy groups -OCH3 is 1. The number of ether oxygens (including phenoxy) is 1. The van der Waals surface area contributed by atoms with Gasteiger partial charge in [0.1, 0.15) is 12.3 Å². The predicted molar refractivity (Wildman–Crippen MR) is 74.5 cm³/mol. The number of hydrogen-bond donors (Lipinski definition) is 2. The molecule has 7 nitrogen and oxygen atoms in total. The molecule has 0 radical (unpaired) electrons. The lowest BCUT2D eigenvalue weighted by Crippen LogP contribution is -2.19. The van der Waals surface area contributed by atoms with Gasteiger partial charge in [-0.1, -0.05) is 16.8 Å². The van der Waals surface area contributed by atoms with Gasteiger partial charge in [0, 0.05) is 12.6 Å². The molecule has 2 aromatic rings. The second-order valence-electron chi connectivity index (χ2n) is 4.01. The van der Waals surface area contributed by atoms with Crippen molar-refractivity contribution in [1.29, 1.82) is 0 Å². The molecule has 1 aromatic heterocycles. The zero-order chi connectivity index (χ0) is 14.5. The van der Waals surface area contributed by atoms with E-state index in [0.717, 1.165) is 0 Å². The minimum Gasteiger partial charge on any atom is -0.497 e. The second-order valence-corrected chi connectivity index (χ2v) is 4.41. The van der Waals surface area contributed by atoms with Gasteiger partial charge < -0.3 is 15.8 Å². The fourth-order valence-electron chi connectivity index (χ4n) is 1.57. The molecule has 20 heavy (non-hydrogen) atoms. The number of anilines is 1. The highest BCUT2D eigenvalue weighted by Gasteiger charge is 2.09. The summed E-state index contributed by atoms with van der Waals surface area (Å²) in [7, 11) is 1.54. The molecule has 0 atom stereocenters. The Morgan fingerprint density at radius 2 is 2.35 bits per heavy atom. The van der Waals surface area contributed by atoms with Gasteiger partial charge in [0.15, 0.2) is 0 Å². The number of nitrogens with zero attached hydrogens (tertiary/aromatic N) is 3. The monoisotopic (exact) mass is 295 g/mol. The first kappa shape index (κ1) is 14.3. The van der Waals surface area contributed by atoms with Gasteiger partial charge in [0.2, 0.25) is 5.91 Å². The summed E-state index contributed by atoms with van der Waals surface area (Å²) in [5, 5.41) is 10.7. The van der Waals surface area contributed by atoms with Crippen LogP contribution in [0.3, 0.4) is 0 Å². The SMILES string of the molecule is COc1ccc(Cl)c(NC(=O)Cn2cc(CN)nn2)c1. The summed E-state index contributed by atoms with van der Waals surface area (Å²) in [5.74, 6) is 0.337. The van der Waals surface area contributed by atoms with E-state index in [4.69, 9.17) is 22.1 Å². The van der Waals surface area contributed by atoms with Crippen molar-refractivity contribution in [3.8, 4) is 5.75 Å². The van der Waals surface area contributed by atoms with Gasteiger partial charge >= 0.3 is 0 Å². The van der Waals surface area contributed by atoms with Gasteiger partial charge in [0.25, 0.3) is 0 Å². The molecule has 0 fully saturated rings. The van der Waals surface area contributed by atoms with Gasteiger partial charge in [-0.3, -0.25) is 4.79 Å². The lowest BCUT2D eigenvalue weighted by Gasteiger charge is -2.08. The van der Waals surface area contributed by atoms with Gasteiger partial charge in [0.05, 0.1) is 29.7 Å². The van der Waals surface area contributed by atoms with Crippen molar-refractivity contribution in [1.82, 2.24) is 15.0 Å². The summed E-state index contributed by atoms with van der Waals surface area (Å²) < 4.78 is 6.48. The van der Waals surface area contributed by atoms with E-state index in [0.29, 0.717) is 22.2 Å². The van der Waals surface area contributed by atoms with Crippen molar-refractivity contribution in [2.45, 2.75) is 13.1 Å². The molecule has 1 aromatic carbocycles. The summed E-state index contributed by atoms with van der Waals surface area (Å²) in [6, 6.07) is 5.01. The maximum absolute atomic E-state index is 11.9. The third-order valence-electron chi connectivity index (χ3n) is 2.55. The second kappa shape index (κ2) is 6.36. The number of hydrogen-bond acceptors (Lipinski definition) is 5. The van der Waals surface area contributed by atoms with Gasteiger partial charge in [-0.05, 0) is 12.1 Å². The third-order valence-corrected chi connectivity index (χ3v) is 2.88. The number of nitrogens with one attached hydrogen (secondary N) is 1. The smallest absolute Gasteiger partial charge is 0.246 e. The fraction of sp³-hybridized carbons (Fsp3) is 0.250. The Morgan fingerprint density at radius 3 is 3.00 bits per heavy atom. The average Bonchev–Trinajstić information content (AvgIpc) is 2.88. The quantitative estimate of drug-likeness (QED) is 0.859. The Bertz CT molecular complexity index is 614. The topological polar surface area (TPSA) is 95.1 Å². The number of rotatable bonds is 5. The van der Waals surface area contributed by atoms with E-state index in [1.807, 2.05) is 0 Å². The molecule has 0 saturated carbocycles. The Morgan fingerprint density at radius 1 is 1.55 bits per heavy atom. The van der Waals surface area contributed by atoms with Crippen LogP contribution in [0.15, 0.2) is 24.4 Å². The van der Waals surface area contributed by atoms with Crippen molar-refractivity contribution in [3.63, 3.8) is 0 Å². The van der Waals surface area contributed by atoms with Crippen molar-refractivity contribution in [3.05, 3.63) is 35.1 Å². The van der Waals surface area contributed by atoms with Crippen LogP contribution in [0.5, 0.6) is 5.75 Å². The first-order valence-electron chi connectivity index (χ1n) is 5.85. The van der Waals surface area contributed by atoms with Crippen molar-refractivity contribution in [2.75, 3.05) is 12.4 Å². The van der Waals surface area contributed by atoms with Crippen LogP contribution in [-0.2, 0) is 17.9 Å². The highest BCUT2D eigenvalue weighted by atomic mass is 35.5. The number of aromatic nitrogens is 3. The van der Waals surface area contributed by atoms with Crippen LogP contribution >= 0.6 is 11.6 Å². The van der Waals surface area contributed by atoms with Crippen molar-refractivity contribution >= 4 is 23.2 Å². The summed E-state index contributed by atoms with van der Waals surface area (Å²) >= 11 is 6.01. The number of nitrogens with two attached hydrogens (primary N) is 1. The van der Waals surface area contributed by atoms with Crippen molar-refractivity contribution in [2.24, 2.45) is 5.73 Å². The molecule has 1 amide bonds. The molecule has 8 heteroatoms. The number of carbonyl (C=O) groups is 1. The molecule has 0 aliphatic rings. The Balaban J connectivity index is 2.04. The minimum atomic E-state index is -0.270. The summed E-state index contributed by atoms with van der Waals surface area (Å²) in [6.07, 6.45) is 1.62. The van der Waals surface area contributed by atoms with E-state index in [1.54, 1.807) is 31.5 Å². The molecule has 0 aliphatic heterocycles. The molecule has 0 unspecified atom stereocenters. The lowest BCUT2D eigenvalue weighted by molar-refractivity contribution is -0.116. The van der Waals surface area contributed by atoms with Crippen LogP contribution in [-0.4, -0.2) is 28.0 Å². The van der Waals surface area contributed by atoms with Crippen LogP contribution in [0.4, 0.5) is 5.69 Å². The van der Waals surface area contributed by atoms with E-state index in [-0.39, 0.29) is 19.0 Å². The number of benzene rings is 1. The molecule has 3 N–H and O–H groups in total. The first-order chi connectivity index (χ1) is 9.62. The highest BCUT2D eigenvalue weighted by molar-refractivity contribution is 6.33. The van der Waals surface area contributed by atoms with Crippen LogP contribution in [0.2, 0.25) is 5.02 Å². The standard InChI is InChI=1S/C12H14ClN5O2/c1-20-9-2-3-10(13)11(4-9)15-12(19)7-18-6-8(5-14)16-17-18/h2-4,6H,5,7,14H2,1H3,(H,15,19). The van der Waals surface area contributed by atoms with Crippen LogP contribution in [0.25, 0.3) is 0 Å². The van der Waals surface area contributed by atoms with E-state index in [9.17, 15) is 4.79 Å². The van der Waals surface area contributed by atoms with E-state index in [2.05, 4.69) is 15.6 Å². The maximum Gasteiger partial charge on any atom is 0.246 e. The third kappa shape index (κ3) is 3.46. The van der Waals surface area contributed by atoms with E-state index >= 15 is 0 Å². The van der Waals surface area contributed by atoms with Gasteiger partial charge in [-0.15, -0.1) is 5.10 Å². The molecule has 2 rings (SSSR count). The molecule has 1 heterocycles. The fourth-order valence-corrected chi connectivity index (χ4v) is 1.74. The van der Waals surface area contributed by atoms with Crippen LogP contribution < -0.4 is 15.8 Å². The highest BCUT2D eigenvalue weighted by Crippen LogP contribution is 2.26. The molecule has 0 bridgehead atoms. The van der Waals surface area contributed by atoms with Crippen LogP contribution in [0.1, 0.15) is 5.69 Å². The summed E-state index contributed by atoms with van der Waals surface area (Å²) in [6.45, 7) is 0.309. The molecule has 0 aliphatic carbocycles. The molecular weight excluding hydrogens is 282 g/mol. The Kier molecular flexibility index (Phi) is 4.54. The Labute approximate surface area is 120 Å². The molecule has 0 spiro atoms. The normalized spacial score (nSPS) is 10.3. The van der Waals surface area contributed by atoms with E-state index < -0.39 is 0 Å². The first-order valence-corrected chi connectivity index (χ1v) is 6.22. The Hall–Kier alpha value is -2.12. The number of carbonyl (C=O) groups excluding carboxylic acids is 1. The zero-order valence-corrected chi connectivity index (χ0v) is 11.6. The molecule has 0 saturated heterocycles. The average molecular weight is 296 g/mol. The summed E-state index contributed by atoms with van der Waals surface area (Å²) in [4.78, 5) is 11.9. The molecule has 106 valence electrons. The molecular formula is C12H14ClN5O2.